The minimum atomic E-state index is 0.336. The highest BCUT2D eigenvalue weighted by atomic mass is 16.5. The maximum absolute atomic E-state index is 6.24. The van der Waals surface area contributed by atoms with Crippen LogP contribution in [0.25, 0.3) is 24.3 Å². The third-order valence-corrected chi connectivity index (χ3v) is 13.8. The maximum atomic E-state index is 6.24. The second-order valence-electron chi connectivity index (χ2n) is 19.3. The molecule has 2 heterocycles. The van der Waals surface area contributed by atoms with Crippen LogP contribution in [0.15, 0.2) is 97.1 Å². The SMILES string of the molecule is CC#Cc1cc(C)c(C#Cc2ccc3c(c2)B(C)c2cc(C)ccc2C=C3)cc1C.CC#Cc1cc(C)c(C#Cc2ccc3c(c2)C=Cc2cc(C)ccc2B3C)cc1OCCCCCCCCCC. The molecule has 0 radical (unpaired) electrons. The van der Waals surface area contributed by atoms with Crippen molar-refractivity contribution in [1.82, 2.24) is 0 Å². The Labute approximate surface area is 422 Å². The van der Waals surface area contributed by atoms with Gasteiger partial charge in [0.05, 0.1) is 12.2 Å². The fourth-order valence-corrected chi connectivity index (χ4v) is 9.61. The average Bonchev–Trinajstić information content (AvgIpc) is 3.57. The van der Waals surface area contributed by atoms with Crippen molar-refractivity contribution < 1.29 is 4.74 Å². The first-order valence-corrected chi connectivity index (χ1v) is 25.6. The van der Waals surface area contributed by atoms with Gasteiger partial charge >= 0.3 is 0 Å². The molecule has 0 aromatic heterocycles. The van der Waals surface area contributed by atoms with Crippen molar-refractivity contribution in [2.45, 2.75) is 120 Å². The topological polar surface area (TPSA) is 9.23 Å². The van der Waals surface area contributed by atoms with Gasteiger partial charge in [0, 0.05) is 27.8 Å². The normalized spacial score (nSPS) is 11.5. The smallest absolute Gasteiger partial charge is 0.207 e. The second-order valence-corrected chi connectivity index (χ2v) is 19.3. The van der Waals surface area contributed by atoms with Crippen molar-refractivity contribution in [2.75, 3.05) is 6.61 Å². The van der Waals surface area contributed by atoms with Gasteiger partial charge in [0.2, 0.25) is 13.4 Å². The van der Waals surface area contributed by atoms with E-state index in [1.165, 1.54) is 111 Å². The van der Waals surface area contributed by atoms with Crippen molar-refractivity contribution in [2.24, 2.45) is 0 Å². The van der Waals surface area contributed by atoms with Gasteiger partial charge in [-0.05, 0) is 136 Å². The molecule has 70 heavy (non-hydrogen) atoms. The summed E-state index contributed by atoms with van der Waals surface area (Å²) >= 11 is 0. The molecule has 0 amide bonds. The summed E-state index contributed by atoms with van der Waals surface area (Å²) in [5.74, 6) is 26.9. The highest BCUT2D eigenvalue weighted by molar-refractivity contribution is 6.86. The lowest BCUT2D eigenvalue weighted by Gasteiger charge is -2.14. The standard InChI is InChI=1S/C38H43BO.C29H25B/c1-6-8-9-10-11-12-13-14-24-40-38-28-32(30(4)26-35(38)15-7-2)19-17-31-18-23-37-34(27-31)21-20-33-25-29(3)16-22-36(33)39(37)5;1-6-7-26-17-22(4)27(18-21(26)3)13-10-23-9-12-25-15-14-24-11-8-20(2)16-28(24)30(5)29(25)19-23/h16,18,20-23,25-28H,6,8-14,24H2,1-5H3;8-9,11-12,14-19H,1-5H3. The molecular weight excluding hydrogens is 842 g/mol. The summed E-state index contributed by atoms with van der Waals surface area (Å²) < 4.78 is 6.24. The van der Waals surface area contributed by atoms with Crippen molar-refractivity contribution in [3.8, 4) is 53.1 Å². The Bertz CT molecular complexity index is 3200. The highest BCUT2D eigenvalue weighted by Crippen LogP contribution is 2.24. The van der Waals surface area contributed by atoms with E-state index >= 15 is 0 Å². The Morgan fingerprint density at radius 3 is 1.51 bits per heavy atom. The summed E-state index contributed by atoms with van der Waals surface area (Å²) in [6.45, 7) is 22.6. The molecule has 0 aliphatic carbocycles. The molecule has 1 nitrogen and oxygen atoms in total. The molecule has 0 N–H and O–H groups in total. The molecule has 2 aliphatic heterocycles. The Kier molecular flexibility index (Phi) is 17.8. The summed E-state index contributed by atoms with van der Waals surface area (Å²) in [5.41, 5.74) is 22.8. The van der Waals surface area contributed by atoms with Crippen LogP contribution in [0.5, 0.6) is 5.75 Å². The highest BCUT2D eigenvalue weighted by Gasteiger charge is 2.22. The summed E-state index contributed by atoms with van der Waals surface area (Å²) in [4.78, 5) is 0. The van der Waals surface area contributed by atoms with Gasteiger partial charge in [0.25, 0.3) is 0 Å². The number of unbranched alkanes of at least 4 members (excludes halogenated alkanes) is 7. The zero-order valence-electron chi connectivity index (χ0n) is 43.5. The van der Waals surface area contributed by atoms with E-state index in [4.69, 9.17) is 4.74 Å². The molecule has 0 fully saturated rings. The van der Waals surface area contributed by atoms with Gasteiger partial charge < -0.3 is 4.74 Å². The van der Waals surface area contributed by atoms with E-state index in [2.05, 4.69) is 224 Å². The molecule has 2 aliphatic rings. The maximum Gasteiger partial charge on any atom is 0.207 e. The zero-order chi connectivity index (χ0) is 49.6. The van der Waals surface area contributed by atoms with Crippen molar-refractivity contribution >= 4 is 59.6 Å². The number of hydrogen-bond donors (Lipinski definition) is 0. The van der Waals surface area contributed by atoms with Crippen LogP contribution in [0.2, 0.25) is 13.6 Å². The zero-order valence-corrected chi connectivity index (χ0v) is 43.5. The van der Waals surface area contributed by atoms with Gasteiger partial charge in [-0.15, -0.1) is 11.8 Å². The molecule has 348 valence electrons. The molecule has 6 aromatic rings. The molecule has 6 aromatic carbocycles. The molecule has 0 spiro atoms. The van der Waals surface area contributed by atoms with E-state index in [0.29, 0.717) is 13.4 Å². The first kappa shape index (κ1) is 50.8. The lowest BCUT2D eigenvalue weighted by atomic mass is 9.41. The van der Waals surface area contributed by atoms with E-state index in [9.17, 15) is 0 Å². The first-order chi connectivity index (χ1) is 34.0. The molecule has 0 bridgehead atoms. The van der Waals surface area contributed by atoms with Gasteiger partial charge in [-0.1, -0.05) is 213 Å². The molecule has 0 atom stereocenters. The number of rotatable bonds is 10. The predicted octanol–water partition coefficient (Wildman–Crippen LogP) is 13.4. The van der Waals surface area contributed by atoms with Gasteiger partial charge in [-0.3, -0.25) is 0 Å². The average molecular weight is 911 g/mol. The largest absolute Gasteiger partial charge is 0.492 e. The van der Waals surface area contributed by atoms with Gasteiger partial charge in [-0.2, -0.15) is 0 Å². The van der Waals surface area contributed by atoms with Crippen LogP contribution in [0.1, 0.15) is 156 Å². The van der Waals surface area contributed by atoms with E-state index in [1.54, 1.807) is 0 Å². The van der Waals surface area contributed by atoms with E-state index in [0.717, 1.165) is 57.7 Å². The van der Waals surface area contributed by atoms with E-state index in [-0.39, 0.29) is 0 Å². The lowest BCUT2D eigenvalue weighted by molar-refractivity contribution is 0.303. The van der Waals surface area contributed by atoms with Gasteiger partial charge in [0.15, 0.2) is 0 Å². The van der Waals surface area contributed by atoms with Crippen LogP contribution in [0.4, 0.5) is 0 Å². The Morgan fingerprint density at radius 2 is 0.857 bits per heavy atom. The number of fused-ring (bicyclic) bond motifs is 4. The van der Waals surface area contributed by atoms with Crippen LogP contribution in [-0.4, -0.2) is 20.0 Å². The van der Waals surface area contributed by atoms with Gasteiger partial charge in [0.1, 0.15) is 5.75 Å². The van der Waals surface area contributed by atoms with Crippen molar-refractivity contribution in [3.63, 3.8) is 0 Å². The summed E-state index contributed by atoms with van der Waals surface area (Å²) in [6, 6.07) is 35.2. The Balaban J connectivity index is 0.000000215. The van der Waals surface area contributed by atoms with Crippen LogP contribution < -0.4 is 26.6 Å². The summed E-state index contributed by atoms with van der Waals surface area (Å²) in [7, 11) is 0. The molecule has 0 unspecified atom stereocenters. The van der Waals surface area contributed by atoms with Gasteiger partial charge in [-0.25, -0.2) is 0 Å². The Hall–Kier alpha value is -7.03. The Morgan fingerprint density at radius 1 is 0.400 bits per heavy atom. The molecular formula is C67H68B2O. The van der Waals surface area contributed by atoms with Crippen molar-refractivity contribution in [1.29, 1.82) is 0 Å². The monoisotopic (exact) mass is 911 g/mol. The number of ether oxygens (including phenoxy) is 1. The summed E-state index contributed by atoms with van der Waals surface area (Å²) in [5, 5.41) is 0. The quantitative estimate of drug-likeness (QED) is 0.0756. The fourth-order valence-electron chi connectivity index (χ4n) is 9.61. The minimum absolute atomic E-state index is 0.336. The third kappa shape index (κ3) is 13.0. The molecule has 0 saturated carbocycles. The first-order valence-electron chi connectivity index (χ1n) is 25.6. The number of hydrogen-bond acceptors (Lipinski definition) is 1. The summed E-state index contributed by atoms with van der Waals surface area (Å²) in [6.07, 6.45) is 19.3. The number of benzene rings is 6. The molecule has 0 saturated heterocycles. The van der Waals surface area contributed by atoms with Crippen LogP contribution in [0.3, 0.4) is 0 Å². The number of aryl methyl sites for hydroxylation is 5. The fraction of sp³-hybridized carbons (Fsp3) is 0.284. The lowest BCUT2D eigenvalue weighted by Crippen LogP contribution is -2.41. The van der Waals surface area contributed by atoms with E-state index < -0.39 is 0 Å². The van der Waals surface area contributed by atoms with Crippen molar-refractivity contribution in [3.05, 3.63) is 181 Å². The second kappa shape index (κ2) is 24.5. The molecule has 3 heteroatoms. The third-order valence-electron chi connectivity index (χ3n) is 13.8. The van der Waals surface area contributed by atoms with Crippen LogP contribution in [0, 0.1) is 82.0 Å². The van der Waals surface area contributed by atoms with Crippen LogP contribution >= 0.6 is 0 Å². The van der Waals surface area contributed by atoms with Crippen LogP contribution in [-0.2, 0) is 0 Å². The predicted molar refractivity (Wildman–Crippen MR) is 307 cm³/mol. The molecule has 8 rings (SSSR count). The van der Waals surface area contributed by atoms with E-state index in [1.807, 2.05) is 13.8 Å². The minimum Gasteiger partial charge on any atom is -0.492 e.